The topological polar surface area (TPSA) is 66.4 Å². The molecule has 1 aliphatic rings. The molecule has 0 saturated carbocycles. The molecule has 0 bridgehead atoms. The molecule has 4 nitrogen and oxygen atoms in total. The first-order valence-corrected chi connectivity index (χ1v) is 14.8. The third kappa shape index (κ3) is 4.83. The predicted molar refractivity (Wildman–Crippen MR) is 70.2 cm³/mol. The van der Waals surface area contributed by atoms with Crippen LogP contribution in [0.1, 0.15) is 6.92 Å². The van der Waals surface area contributed by atoms with Gasteiger partial charge >= 0.3 is 49.4 Å². The standard InChI is InChI=1S/C6H13NO3S.2HI.V/c1-5(11(2,9)10)6(8)3-7-4-6;;;/h5,7-8H,3-4H2,1-2H3;2*1H;/q;;;+2/p-2. The summed E-state index contributed by atoms with van der Waals surface area (Å²) in [5.41, 5.74) is -1.03. The summed E-state index contributed by atoms with van der Waals surface area (Å²) < 4.78 is 22.0. The van der Waals surface area contributed by atoms with Crippen LogP contribution in [0.3, 0.4) is 0 Å². The Bertz CT molecular complexity index is 268. The normalized spacial score (nSPS) is 21.2. The van der Waals surface area contributed by atoms with E-state index in [2.05, 4.69) is 45.3 Å². The molecule has 85 valence electrons. The van der Waals surface area contributed by atoms with Crippen molar-refractivity contribution in [2.75, 3.05) is 19.3 Å². The van der Waals surface area contributed by atoms with Gasteiger partial charge in [-0.1, -0.05) is 0 Å². The van der Waals surface area contributed by atoms with Gasteiger partial charge in [0.05, 0.1) is 5.25 Å². The average Bonchev–Trinajstić information content (AvgIpc) is 1.99. The molecule has 0 aliphatic carbocycles. The molecule has 0 aromatic rings. The van der Waals surface area contributed by atoms with Crippen LogP contribution in [0.2, 0.25) is 0 Å². The quantitative estimate of drug-likeness (QED) is 0.562. The molecule has 0 radical (unpaired) electrons. The molecule has 1 saturated heterocycles. The van der Waals surface area contributed by atoms with Gasteiger partial charge in [0.15, 0.2) is 9.84 Å². The second-order valence-corrected chi connectivity index (χ2v) is 17.4. The van der Waals surface area contributed by atoms with Crippen LogP contribution < -0.4 is 5.32 Å². The number of sulfone groups is 1. The van der Waals surface area contributed by atoms with Gasteiger partial charge < -0.3 is 10.4 Å². The van der Waals surface area contributed by atoms with Crippen molar-refractivity contribution in [3.8, 4) is 0 Å². The summed E-state index contributed by atoms with van der Waals surface area (Å²) in [6, 6.07) is 0. The summed E-state index contributed by atoms with van der Waals surface area (Å²) in [4.78, 5) is 0. The van der Waals surface area contributed by atoms with Crippen LogP contribution in [0.5, 0.6) is 0 Å². The first-order chi connectivity index (χ1) is 6.28. The third-order valence-electron chi connectivity index (χ3n) is 2.26. The van der Waals surface area contributed by atoms with Crippen molar-refractivity contribution in [1.29, 1.82) is 0 Å². The Labute approximate surface area is 114 Å². The molecule has 0 aromatic heterocycles. The van der Waals surface area contributed by atoms with Gasteiger partial charge in [0.1, 0.15) is 5.60 Å². The summed E-state index contributed by atoms with van der Waals surface area (Å²) in [6.45, 7) is 2.29. The average molecular weight is 484 g/mol. The Morgan fingerprint density at radius 3 is 1.93 bits per heavy atom. The van der Waals surface area contributed by atoms with Gasteiger partial charge in [0.25, 0.3) is 0 Å². The Kier molecular flexibility index (Phi) is 7.50. The van der Waals surface area contributed by atoms with Crippen molar-refractivity contribution >= 4 is 49.8 Å². The van der Waals surface area contributed by atoms with Gasteiger partial charge in [-0.3, -0.25) is 0 Å². The van der Waals surface area contributed by atoms with Crippen molar-refractivity contribution in [3.63, 3.8) is 0 Å². The fourth-order valence-corrected chi connectivity index (χ4v) is 2.03. The zero-order valence-electron chi connectivity index (χ0n) is 7.87. The first kappa shape index (κ1) is 15.9. The van der Waals surface area contributed by atoms with E-state index in [4.69, 9.17) is 0 Å². The van der Waals surface area contributed by atoms with Crippen LogP contribution in [0, 0.1) is 0 Å². The summed E-state index contributed by atoms with van der Waals surface area (Å²) in [7, 11) is -2.48. The zero-order valence-corrected chi connectivity index (χ0v) is 14.4. The molecular formula is C6H13I2NO3SV. The molecule has 1 atom stereocenters. The van der Waals surface area contributed by atoms with Gasteiger partial charge in [0, 0.05) is 19.3 Å². The molecule has 2 N–H and O–H groups in total. The number of aliphatic hydroxyl groups is 1. The summed E-state index contributed by atoms with van der Waals surface area (Å²) >= 11 is 4.74. The summed E-state index contributed by atoms with van der Waals surface area (Å²) in [6.07, 6.45) is 1.15. The molecule has 1 heterocycles. The van der Waals surface area contributed by atoms with E-state index >= 15 is 0 Å². The molecule has 14 heavy (non-hydrogen) atoms. The number of hydrogen-bond acceptors (Lipinski definition) is 4. The van der Waals surface area contributed by atoms with Crippen LogP contribution in [0.25, 0.3) is 0 Å². The number of halogens is 2. The van der Waals surface area contributed by atoms with Crippen LogP contribution in [-0.2, 0) is 19.3 Å². The Morgan fingerprint density at radius 2 is 1.86 bits per heavy atom. The van der Waals surface area contributed by atoms with Crippen molar-refractivity contribution in [3.05, 3.63) is 0 Å². The minimum atomic E-state index is -3.11. The van der Waals surface area contributed by atoms with E-state index < -0.39 is 20.7 Å². The third-order valence-corrected chi connectivity index (χ3v) is 3.98. The van der Waals surface area contributed by atoms with Gasteiger partial charge in [-0.05, 0) is 6.92 Å². The molecule has 0 amide bonds. The maximum atomic E-state index is 11.0. The number of nitrogens with one attached hydrogen (secondary N) is 1. The molecule has 1 aliphatic heterocycles. The maximum absolute atomic E-state index is 11.0. The fraction of sp³-hybridized carbons (Fsp3) is 1.00. The first-order valence-electron chi connectivity index (χ1n) is 3.82. The monoisotopic (exact) mass is 484 g/mol. The molecule has 1 rings (SSSR count). The number of β-amino-alcohol motifs (C(OH)–C–C–N with tert-alkyl or cyclic N) is 1. The van der Waals surface area contributed by atoms with Crippen LogP contribution in [0.4, 0.5) is 0 Å². The molecule has 0 aromatic carbocycles. The van der Waals surface area contributed by atoms with Crippen molar-refractivity contribution in [2.45, 2.75) is 17.8 Å². The van der Waals surface area contributed by atoms with Crippen LogP contribution in [0.15, 0.2) is 0 Å². The van der Waals surface area contributed by atoms with E-state index in [1.807, 2.05) is 0 Å². The van der Waals surface area contributed by atoms with Crippen molar-refractivity contribution < 1.29 is 23.0 Å². The van der Waals surface area contributed by atoms with Gasteiger partial charge in [-0.2, -0.15) is 0 Å². The van der Waals surface area contributed by atoms with E-state index in [9.17, 15) is 13.5 Å². The van der Waals surface area contributed by atoms with Crippen molar-refractivity contribution in [1.82, 2.24) is 5.32 Å². The van der Waals surface area contributed by atoms with Crippen LogP contribution >= 0.6 is 40.0 Å². The van der Waals surface area contributed by atoms with E-state index in [1.165, 1.54) is 6.92 Å². The Morgan fingerprint density at radius 1 is 1.50 bits per heavy atom. The minimum absolute atomic E-state index is 0.376. The Hall–Kier alpha value is 1.91. The number of rotatable bonds is 2. The van der Waals surface area contributed by atoms with E-state index in [1.54, 1.807) is 0 Å². The van der Waals surface area contributed by atoms with Crippen LogP contribution in [-0.4, -0.2) is 43.7 Å². The molecule has 0 spiro atoms. The SMILES string of the molecule is CC(C1(O)CNC1)S(C)(=O)=O.[I][V][I]. The van der Waals surface area contributed by atoms with Crippen molar-refractivity contribution in [2.24, 2.45) is 0 Å². The molecule has 8 heteroatoms. The van der Waals surface area contributed by atoms with E-state index in [0.717, 1.165) is 6.26 Å². The summed E-state index contributed by atoms with van der Waals surface area (Å²) in [5, 5.41) is 11.7. The second-order valence-electron chi connectivity index (χ2n) is 3.24. The van der Waals surface area contributed by atoms with Gasteiger partial charge in [0.2, 0.25) is 0 Å². The zero-order chi connectivity index (χ0) is 11.4. The second kappa shape index (κ2) is 6.60. The number of hydrogen-bond donors (Lipinski definition) is 2. The Balaban J connectivity index is 0.000000500. The van der Waals surface area contributed by atoms with E-state index in [0.29, 0.717) is 22.6 Å². The molecular weight excluding hydrogens is 471 g/mol. The molecule has 1 fully saturated rings. The predicted octanol–water partition coefficient (Wildman–Crippen LogP) is 0.523. The summed E-state index contributed by atoms with van der Waals surface area (Å²) in [5.74, 6) is 0. The fourth-order valence-electron chi connectivity index (χ4n) is 1.07. The van der Waals surface area contributed by atoms with E-state index in [-0.39, 0.29) is 0 Å². The molecule has 1 unspecified atom stereocenters. The van der Waals surface area contributed by atoms with Gasteiger partial charge in [-0.15, -0.1) is 0 Å². The van der Waals surface area contributed by atoms with Gasteiger partial charge in [-0.25, -0.2) is 8.42 Å².